The van der Waals surface area contributed by atoms with Crippen molar-refractivity contribution in [2.75, 3.05) is 5.32 Å². The fourth-order valence-electron chi connectivity index (χ4n) is 2.31. The van der Waals surface area contributed by atoms with Gasteiger partial charge >= 0.3 is 0 Å². The lowest BCUT2D eigenvalue weighted by Crippen LogP contribution is -2.26. The predicted octanol–water partition coefficient (Wildman–Crippen LogP) is 3.20. The Balaban J connectivity index is 1.68. The van der Waals surface area contributed by atoms with Crippen LogP contribution in [0.5, 0.6) is 0 Å². The summed E-state index contributed by atoms with van der Waals surface area (Å²) >= 11 is 1.48. The molecule has 2 aromatic heterocycles. The molecule has 0 bridgehead atoms. The summed E-state index contributed by atoms with van der Waals surface area (Å²) in [6, 6.07) is 2.21. The minimum atomic E-state index is -0.214. The van der Waals surface area contributed by atoms with Gasteiger partial charge in [-0.05, 0) is 26.2 Å². The third-order valence-electron chi connectivity index (χ3n) is 3.72. The van der Waals surface area contributed by atoms with Crippen LogP contribution in [-0.4, -0.2) is 31.1 Å². The molecule has 0 aliphatic heterocycles. The van der Waals surface area contributed by atoms with Crippen molar-refractivity contribution in [2.24, 2.45) is 0 Å². The number of aryl methyl sites for hydroxylation is 1. The Morgan fingerprint density at radius 2 is 2.39 bits per heavy atom. The zero-order chi connectivity index (χ0) is 16.2. The number of nitrogens with one attached hydrogen (secondary N) is 1. The third-order valence-corrected chi connectivity index (χ3v) is 4.96. The van der Waals surface area contributed by atoms with Gasteiger partial charge in [-0.25, -0.2) is 0 Å². The van der Waals surface area contributed by atoms with Gasteiger partial charge in [-0.2, -0.15) is 0 Å². The molecule has 1 N–H and O–H groups in total. The first-order chi connectivity index (χ1) is 11.2. The molecule has 0 radical (unpaired) electrons. The second-order valence-electron chi connectivity index (χ2n) is 5.81. The molecule has 1 amide bonds. The molecule has 0 aromatic carbocycles. The number of unbranched alkanes of at least 4 members (excludes halogenated alkanes) is 1. The Morgan fingerprint density at radius 3 is 3.04 bits per heavy atom. The molecule has 1 fully saturated rings. The molecular formula is C15H21N5O2S. The molecule has 8 heteroatoms. The Bertz CT molecular complexity index is 664. The van der Waals surface area contributed by atoms with E-state index >= 15 is 0 Å². The monoisotopic (exact) mass is 335 g/mol. The van der Waals surface area contributed by atoms with Crippen LogP contribution in [0.2, 0.25) is 0 Å². The van der Waals surface area contributed by atoms with E-state index in [1.165, 1.54) is 11.8 Å². The summed E-state index contributed by atoms with van der Waals surface area (Å²) in [5.74, 6) is 1.06. The van der Waals surface area contributed by atoms with Crippen LogP contribution >= 0.6 is 11.8 Å². The van der Waals surface area contributed by atoms with Crippen molar-refractivity contribution in [3.63, 3.8) is 0 Å². The molecule has 3 rings (SSSR count). The van der Waals surface area contributed by atoms with Gasteiger partial charge in [-0.15, -0.1) is 10.2 Å². The summed E-state index contributed by atoms with van der Waals surface area (Å²) < 4.78 is 7.07. The maximum atomic E-state index is 12.6. The quantitative estimate of drug-likeness (QED) is 0.746. The summed E-state index contributed by atoms with van der Waals surface area (Å²) in [5.41, 5.74) is 0. The normalized spacial score (nSPS) is 15.6. The number of carbonyl (C=O) groups is 1. The van der Waals surface area contributed by atoms with Crippen LogP contribution in [0.25, 0.3) is 0 Å². The Morgan fingerprint density at radius 1 is 1.57 bits per heavy atom. The molecule has 124 valence electrons. The van der Waals surface area contributed by atoms with Gasteiger partial charge in [0.15, 0.2) is 11.0 Å². The SMILES string of the molecule is CCCCC(Sc1nncn1C1CC1)C(=O)Nc1cc(C)on1. The molecule has 1 atom stereocenters. The molecule has 1 saturated carbocycles. The molecule has 23 heavy (non-hydrogen) atoms. The van der Waals surface area contributed by atoms with Gasteiger partial charge < -0.3 is 14.4 Å². The average molecular weight is 335 g/mol. The molecule has 2 heterocycles. The lowest BCUT2D eigenvalue weighted by molar-refractivity contribution is -0.115. The van der Waals surface area contributed by atoms with Gasteiger partial charge in [0, 0.05) is 12.1 Å². The fourth-order valence-corrected chi connectivity index (χ4v) is 3.43. The van der Waals surface area contributed by atoms with Gasteiger partial charge in [0.05, 0.1) is 5.25 Å². The number of nitrogens with zero attached hydrogens (tertiary/aromatic N) is 4. The molecule has 0 saturated heterocycles. The third kappa shape index (κ3) is 4.13. The van der Waals surface area contributed by atoms with E-state index in [4.69, 9.17) is 4.52 Å². The molecule has 1 unspecified atom stereocenters. The van der Waals surface area contributed by atoms with Gasteiger partial charge in [0.2, 0.25) is 5.91 Å². The predicted molar refractivity (Wildman–Crippen MR) is 87.3 cm³/mol. The van der Waals surface area contributed by atoms with E-state index in [1.54, 1.807) is 19.3 Å². The van der Waals surface area contributed by atoms with Crippen LogP contribution in [0.4, 0.5) is 5.82 Å². The van der Waals surface area contributed by atoms with E-state index in [0.717, 1.165) is 37.3 Å². The summed E-state index contributed by atoms with van der Waals surface area (Å²) in [7, 11) is 0. The largest absolute Gasteiger partial charge is 0.360 e. The summed E-state index contributed by atoms with van der Waals surface area (Å²) in [5, 5.41) is 15.4. The maximum absolute atomic E-state index is 12.6. The van der Waals surface area contributed by atoms with E-state index in [0.29, 0.717) is 17.6 Å². The van der Waals surface area contributed by atoms with Crippen LogP contribution in [0.3, 0.4) is 0 Å². The molecule has 1 aliphatic rings. The van der Waals surface area contributed by atoms with Gasteiger partial charge in [-0.1, -0.05) is 36.7 Å². The van der Waals surface area contributed by atoms with Crippen molar-refractivity contribution >= 4 is 23.5 Å². The van der Waals surface area contributed by atoms with Gasteiger partial charge in [0.25, 0.3) is 0 Å². The average Bonchev–Trinajstić information content (AvgIpc) is 3.14. The minimum absolute atomic E-state index is 0.0675. The highest BCUT2D eigenvalue weighted by molar-refractivity contribution is 8.00. The van der Waals surface area contributed by atoms with E-state index in [-0.39, 0.29) is 11.2 Å². The Hall–Kier alpha value is -1.83. The smallest absolute Gasteiger partial charge is 0.239 e. The van der Waals surface area contributed by atoms with Crippen LogP contribution in [0, 0.1) is 6.92 Å². The maximum Gasteiger partial charge on any atom is 0.239 e. The van der Waals surface area contributed by atoms with Crippen molar-refractivity contribution in [2.45, 2.75) is 62.4 Å². The summed E-state index contributed by atoms with van der Waals surface area (Å²) in [6.45, 7) is 3.91. The highest BCUT2D eigenvalue weighted by Gasteiger charge is 2.29. The van der Waals surface area contributed by atoms with Crippen molar-refractivity contribution in [3.8, 4) is 0 Å². The molecule has 2 aromatic rings. The molecule has 7 nitrogen and oxygen atoms in total. The van der Waals surface area contributed by atoms with E-state index in [1.807, 2.05) is 0 Å². The zero-order valence-electron chi connectivity index (χ0n) is 13.4. The topological polar surface area (TPSA) is 85.8 Å². The number of hydrogen-bond acceptors (Lipinski definition) is 6. The van der Waals surface area contributed by atoms with Crippen molar-refractivity contribution in [1.29, 1.82) is 0 Å². The highest BCUT2D eigenvalue weighted by atomic mass is 32.2. The molecular weight excluding hydrogens is 314 g/mol. The van der Waals surface area contributed by atoms with E-state index in [9.17, 15) is 4.79 Å². The van der Waals surface area contributed by atoms with Gasteiger partial charge in [-0.3, -0.25) is 4.79 Å². The number of anilines is 1. The first-order valence-corrected chi connectivity index (χ1v) is 8.85. The number of carbonyl (C=O) groups excluding carboxylic acids is 1. The Labute approximate surface area is 139 Å². The minimum Gasteiger partial charge on any atom is -0.360 e. The first kappa shape index (κ1) is 16.0. The number of amides is 1. The number of hydrogen-bond donors (Lipinski definition) is 1. The van der Waals surface area contributed by atoms with Gasteiger partial charge in [0.1, 0.15) is 12.1 Å². The standard InChI is InChI=1S/C15H21N5O2S/c1-3-4-5-12(14(21)17-13-8-10(2)22-19-13)23-15-18-16-9-20(15)11-6-7-11/h8-9,11-12H,3-7H2,1-2H3,(H,17,19,21). The summed E-state index contributed by atoms with van der Waals surface area (Å²) in [6.07, 6.45) is 6.91. The Kier molecular flexibility index (Phi) is 5.00. The summed E-state index contributed by atoms with van der Waals surface area (Å²) in [4.78, 5) is 12.6. The molecule has 1 aliphatic carbocycles. The van der Waals surface area contributed by atoms with Crippen LogP contribution in [0.15, 0.2) is 22.1 Å². The van der Waals surface area contributed by atoms with E-state index in [2.05, 4.69) is 32.2 Å². The molecule has 0 spiro atoms. The highest BCUT2D eigenvalue weighted by Crippen LogP contribution is 2.38. The number of aromatic nitrogens is 4. The number of rotatable bonds is 8. The second kappa shape index (κ2) is 7.16. The van der Waals surface area contributed by atoms with Crippen molar-refractivity contribution in [1.82, 2.24) is 19.9 Å². The van der Waals surface area contributed by atoms with Crippen molar-refractivity contribution in [3.05, 3.63) is 18.2 Å². The lowest BCUT2D eigenvalue weighted by Gasteiger charge is -2.15. The second-order valence-corrected chi connectivity index (χ2v) is 6.98. The lowest BCUT2D eigenvalue weighted by atomic mass is 10.2. The van der Waals surface area contributed by atoms with Crippen LogP contribution < -0.4 is 5.32 Å². The van der Waals surface area contributed by atoms with Crippen LogP contribution in [-0.2, 0) is 4.79 Å². The number of thioether (sulfide) groups is 1. The fraction of sp³-hybridized carbons (Fsp3) is 0.600. The van der Waals surface area contributed by atoms with Crippen molar-refractivity contribution < 1.29 is 9.32 Å². The van der Waals surface area contributed by atoms with E-state index < -0.39 is 0 Å². The first-order valence-electron chi connectivity index (χ1n) is 7.97. The zero-order valence-corrected chi connectivity index (χ0v) is 14.2. The van der Waals surface area contributed by atoms with Crippen LogP contribution in [0.1, 0.15) is 50.8 Å².